The number of aromatic nitrogens is 2. The number of hydrogen-bond donors (Lipinski definition) is 0. The fourth-order valence-electron chi connectivity index (χ4n) is 3.46. The van der Waals surface area contributed by atoms with Gasteiger partial charge in [-0.2, -0.15) is 13.2 Å². The van der Waals surface area contributed by atoms with Crippen LogP contribution in [0.25, 0.3) is 11.3 Å². The first-order chi connectivity index (χ1) is 15.2. The van der Waals surface area contributed by atoms with E-state index in [9.17, 15) is 26.7 Å². The monoisotopic (exact) mass is 448 g/mol. The van der Waals surface area contributed by atoms with E-state index in [1.807, 2.05) is 0 Å². The topological polar surface area (TPSA) is 49.3 Å². The van der Waals surface area contributed by atoms with Crippen LogP contribution in [0.2, 0.25) is 0 Å². The van der Waals surface area contributed by atoms with Crippen molar-refractivity contribution in [3.05, 3.63) is 77.5 Å². The summed E-state index contributed by atoms with van der Waals surface area (Å²) in [6.07, 6.45) is -3.01. The Morgan fingerprint density at radius 1 is 0.938 bits per heavy atom. The molecule has 0 atom stereocenters. The summed E-state index contributed by atoms with van der Waals surface area (Å²) < 4.78 is 66.3. The second kappa shape index (κ2) is 8.52. The maximum absolute atomic E-state index is 13.9. The maximum atomic E-state index is 13.9. The number of carbonyl (C=O) groups excluding carboxylic acids is 1. The van der Waals surface area contributed by atoms with Crippen LogP contribution in [-0.2, 0) is 6.18 Å². The van der Waals surface area contributed by atoms with Crippen LogP contribution in [0, 0.1) is 11.6 Å². The molecule has 4 rings (SSSR count). The Labute approximate surface area is 180 Å². The van der Waals surface area contributed by atoms with Gasteiger partial charge in [0.25, 0.3) is 5.91 Å². The smallest absolute Gasteiger partial charge is 0.337 e. The fraction of sp³-hybridized carbons (Fsp3) is 0.227. The molecule has 1 aromatic heterocycles. The van der Waals surface area contributed by atoms with Gasteiger partial charge in [0.15, 0.2) is 0 Å². The highest BCUT2D eigenvalue weighted by atomic mass is 19.4. The predicted octanol–water partition coefficient (Wildman–Crippen LogP) is 4.40. The van der Waals surface area contributed by atoms with Gasteiger partial charge in [0.1, 0.15) is 11.6 Å². The van der Waals surface area contributed by atoms with E-state index in [-0.39, 0.29) is 18.7 Å². The molecule has 1 aliphatic rings. The van der Waals surface area contributed by atoms with E-state index in [0.29, 0.717) is 30.3 Å². The number of hydrogen-bond acceptors (Lipinski definition) is 4. The summed E-state index contributed by atoms with van der Waals surface area (Å²) in [5.41, 5.74) is -0.464. The fourth-order valence-corrected chi connectivity index (χ4v) is 3.46. The van der Waals surface area contributed by atoms with E-state index in [2.05, 4.69) is 9.97 Å². The highest BCUT2D eigenvalue weighted by Gasteiger charge is 2.31. The molecule has 0 saturated carbocycles. The third-order valence-electron chi connectivity index (χ3n) is 5.14. The van der Waals surface area contributed by atoms with Gasteiger partial charge in [0, 0.05) is 37.9 Å². The van der Waals surface area contributed by atoms with Crippen LogP contribution in [0.15, 0.2) is 54.7 Å². The highest BCUT2D eigenvalue weighted by Crippen LogP contribution is 2.32. The van der Waals surface area contributed by atoms with Gasteiger partial charge >= 0.3 is 6.18 Å². The number of piperazine rings is 1. The summed E-state index contributed by atoms with van der Waals surface area (Å²) in [7, 11) is 0. The van der Waals surface area contributed by atoms with Crippen LogP contribution in [0.3, 0.4) is 0 Å². The van der Waals surface area contributed by atoms with Crippen LogP contribution < -0.4 is 4.90 Å². The molecule has 0 radical (unpaired) electrons. The molecule has 0 unspecified atom stereocenters. The first-order valence-corrected chi connectivity index (χ1v) is 9.72. The third-order valence-corrected chi connectivity index (χ3v) is 5.14. The molecule has 3 aromatic rings. The highest BCUT2D eigenvalue weighted by molar-refractivity contribution is 5.94. The molecule has 1 aliphatic heterocycles. The van der Waals surface area contributed by atoms with Gasteiger partial charge in [0.05, 0.1) is 16.8 Å². The van der Waals surface area contributed by atoms with Gasteiger partial charge < -0.3 is 9.80 Å². The summed E-state index contributed by atoms with van der Waals surface area (Å²) in [6, 6.07) is 9.10. The first-order valence-electron chi connectivity index (χ1n) is 9.72. The Kier molecular flexibility index (Phi) is 5.77. The molecular weight excluding hydrogens is 431 g/mol. The van der Waals surface area contributed by atoms with Crippen LogP contribution in [-0.4, -0.2) is 47.0 Å². The number of nitrogens with zero attached hydrogens (tertiary/aromatic N) is 4. The molecule has 5 nitrogen and oxygen atoms in total. The Balaban J connectivity index is 1.48. The lowest BCUT2D eigenvalue weighted by atomic mass is 10.1. The second-order valence-corrected chi connectivity index (χ2v) is 7.22. The van der Waals surface area contributed by atoms with Gasteiger partial charge in [-0.05, 0) is 36.4 Å². The number of halogens is 5. The Bertz CT molecular complexity index is 1140. The van der Waals surface area contributed by atoms with Crippen LogP contribution in [0.4, 0.5) is 27.9 Å². The van der Waals surface area contributed by atoms with Crippen molar-refractivity contribution in [2.75, 3.05) is 31.1 Å². The number of alkyl halides is 3. The van der Waals surface area contributed by atoms with Gasteiger partial charge in [-0.3, -0.25) is 4.79 Å². The van der Waals surface area contributed by atoms with Crippen molar-refractivity contribution in [1.29, 1.82) is 0 Å². The zero-order valence-corrected chi connectivity index (χ0v) is 16.6. The molecule has 0 N–H and O–H groups in total. The summed E-state index contributed by atoms with van der Waals surface area (Å²) in [5.74, 6) is -1.80. The van der Waals surface area contributed by atoms with Gasteiger partial charge in [-0.1, -0.05) is 12.1 Å². The number of amides is 1. The van der Waals surface area contributed by atoms with Crippen LogP contribution >= 0.6 is 0 Å². The summed E-state index contributed by atoms with van der Waals surface area (Å²) in [5, 5.41) is 0. The molecule has 2 aromatic carbocycles. The van der Waals surface area contributed by atoms with Crippen molar-refractivity contribution in [3.8, 4) is 11.3 Å². The zero-order valence-electron chi connectivity index (χ0n) is 16.6. The van der Waals surface area contributed by atoms with Crippen molar-refractivity contribution < 1.29 is 26.7 Å². The Hall–Kier alpha value is -3.56. The maximum Gasteiger partial charge on any atom is 0.416 e. The van der Waals surface area contributed by atoms with Crippen molar-refractivity contribution in [2.24, 2.45) is 0 Å². The molecule has 10 heteroatoms. The largest absolute Gasteiger partial charge is 0.416 e. The summed E-state index contributed by atoms with van der Waals surface area (Å²) >= 11 is 0. The first kappa shape index (κ1) is 21.7. The van der Waals surface area contributed by atoms with Crippen molar-refractivity contribution >= 4 is 11.9 Å². The van der Waals surface area contributed by atoms with E-state index in [4.69, 9.17) is 0 Å². The standard InChI is InChI=1S/C22H17F5N4O/c23-16-4-5-18(24)17(13-16)20(32)30-8-10-31(11-9-30)21-28-7-6-19(29-21)14-2-1-3-15(12-14)22(25,26)27/h1-7,12-13H,8-11H2. The predicted molar refractivity (Wildman–Crippen MR) is 107 cm³/mol. The Morgan fingerprint density at radius 3 is 2.41 bits per heavy atom. The minimum absolute atomic E-state index is 0.228. The molecular formula is C22H17F5N4O. The molecule has 1 amide bonds. The van der Waals surface area contributed by atoms with E-state index >= 15 is 0 Å². The number of anilines is 1. The summed E-state index contributed by atoms with van der Waals surface area (Å²) in [6.45, 7) is 1.11. The van der Waals surface area contributed by atoms with Crippen LogP contribution in [0.1, 0.15) is 15.9 Å². The van der Waals surface area contributed by atoms with E-state index in [1.54, 1.807) is 4.90 Å². The van der Waals surface area contributed by atoms with Gasteiger partial charge in [-0.25, -0.2) is 18.7 Å². The molecule has 1 fully saturated rings. The minimum atomic E-state index is -4.46. The molecule has 32 heavy (non-hydrogen) atoms. The van der Waals surface area contributed by atoms with Crippen molar-refractivity contribution in [1.82, 2.24) is 14.9 Å². The van der Waals surface area contributed by atoms with Crippen molar-refractivity contribution in [3.63, 3.8) is 0 Å². The Morgan fingerprint density at radius 2 is 1.69 bits per heavy atom. The normalized spacial score (nSPS) is 14.5. The quantitative estimate of drug-likeness (QED) is 0.558. The minimum Gasteiger partial charge on any atom is -0.337 e. The molecule has 1 saturated heterocycles. The zero-order chi connectivity index (χ0) is 22.9. The molecule has 0 aliphatic carbocycles. The second-order valence-electron chi connectivity index (χ2n) is 7.22. The van der Waals surface area contributed by atoms with Crippen LogP contribution in [0.5, 0.6) is 0 Å². The lowest BCUT2D eigenvalue weighted by Crippen LogP contribution is -2.49. The van der Waals surface area contributed by atoms with Gasteiger partial charge in [0.2, 0.25) is 5.95 Å². The molecule has 0 bridgehead atoms. The number of carbonyl (C=O) groups is 1. The number of rotatable bonds is 3. The van der Waals surface area contributed by atoms with E-state index in [0.717, 1.165) is 30.3 Å². The molecule has 2 heterocycles. The number of benzene rings is 2. The third kappa shape index (κ3) is 4.53. The molecule has 166 valence electrons. The average molecular weight is 448 g/mol. The van der Waals surface area contributed by atoms with Crippen molar-refractivity contribution in [2.45, 2.75) is 6.18 Å². The molecule has 0 spiro atoms. The SMILES string of the molecule is O=C(c1cc(F)ccc1F)N1CCN(c2nccc(-c3cccc(C(F)(F)F)c3)n2)CC1. The van der Waals surface area contributed by atoms with E-state index < -0.39 is 29.3 Å². The summed E-state index contributed by atoms with van der Waals surface area (Å²) in [4.78, 5) is 24.3. The average Bonchev–Trinajstić information content (AvgIpc) is 2.80. The lowest BCUT2D eigenvalue weighted by Gasteiger charge is -2.34. The van der Waals surface area contributed by atoms with E-state index in [1.165, 1.54) is 29.3 Å². The lowest BCUT2D eigenvalue weighted by molar-refractivity contribution is -0.137. The van der Waals surface area contributed by atoms with Gasteiger partial charge in [-0.15, -0.1) is 0 Å².